The van der Waals surface area contributed by atoms with Gasteiger partial charge in [-0.2, -0.15) is 4.98 Å². The van der Waals surface area contributed by atoms with E-state index in [2.05, 4.69) is 15.3 Å². The molecule has 2 aliphatic heterocycles. The summed E-state index contributed by atoms with van der Waals surface area (Å²) in [6.07, 6.45) is 6.85. The van der Waals surface area contributed by atoms with E-state index in [4.69, 9.17) is 37.7 Å². The minimum absolute atomic E-state index is 0. The van der Waals surface area contributed by atoms with Gasteiger partial charge in [0, 0.05) is 50.1 Å². The predicted molar refractivity (Wildman–Crippen MR) is 189 cm³/mol. The Hall–Kier alpha value is -4.19. The van der Waals surface area contributed by atoms with E-state index < -0.39 is 17.0 Å². The monoisotopic (exact) mass is 810 g/mol. The highest BCUT2D eigenvalue weighted by Crippen LogP contribution is 2.48. The molecule has 1 unspecified atom stereocenters. The third-order valence-electron chi connectivity index (χ3n) is 8.56. The van der Waals surface area contributed by atoms with E-state index in [1.807, 2.05) is 27.9 Å². The summed E-state index contributed by atoms with van der Waals surface area (Å²) in [6, 6.07) is 0.751. The molecule has 2 aromatic heterocycles. The number of quaternary nitrogens is 1. The highest BCUT2D eigenvalue weighted by Gasteiger charge is 2.42. The third-order valence-corrected chi connectivity index (χ3v) is 9.29. The second-order valence-electron chi connectivity index (χ2n) is 13.1. The first-order valence-electron chi connectivity index (χ1n) is 15.9. The summed E-state index contributed by atoms with van der Waals surface area (Å²) in [5.41, 5.74) is 1.37. The minimum Gasteiger partial charge on any atom is -1.00 e. The maximum atomic E-state index is 14.5. The van der Waals surface area contributed by atoms with E-state index in [9.17, 15) is 19.7 Å². The number of hydrogen-bond donors (Lipinski definition) is 1. The number of aryl methyl sites for hydroxylation is 1. The molecule has 4 heterocycles. The average molecular weight is 813 g/mol. The molecule has 1 N–H and O–H groups in total. The van der Waals surface area contributed by atoms with Crippen LogP contribution in [0.25, 0.3) is 0 Å². The molecular weight excluding hydrogens is 771 g/mol. The Morgan fingerprint density at radius 2 is 1.86 bits per heavy atom. The quantitative estimate of drug-likeness (QED) is 0.123. The van der Waals surface area contributed by atoms with Crippen LogP contribution in [0.4, 0.5) is 28.1 Å². The number of benzene rings is 1. The molecule has 3 amide bonds. The first-order valence-corrected chi connectivity index (χ1v) is 16.7. The van der Waals surface area contributed by atoms with Gasteiger partial charge in [-0.25, -0.2) is 9.78 Å². The van der Waals surface area contributed by atoms with Gasteiger partial charge < -0.3 is 55.8 Å². The number of likely N-dealkylation sites (N-methyl/N-ethyl adjacent to an activating group) is 1. The molecule has 0 spiro atoms. The van der Waals surface area contributed by atoms with Crippen LogP contribution < -0.4 is 41.6 Å². The number of aromatic nitrogens is 4. The Morgan fingerprint density at radius 1 is 1.20 bits per heavy atom. The third kappa shape index (κ3) is 8.32. The molecule has 5 rings (SSSR count). The Morgan fingerprint density at radius 3 is 2.47 bits per heavy atom. The average Bonchev–Trinajstić information content (AvgIpc) is 3.68. The van der Waals surface area contributed by atoms with Crippen LogP contribution in [-0.2, 0) is 24.9 Å². The molecule has 51 heavy (non-hydrogen) atoms. The fourth-order valence-electron chi connectivity index (χ4n) is 6.06. The molecule has 0 radical (unpaired) electrons. The van der Waals surface area contributed by atoms with Gasteiger partial charge in [0.2, 0.25) is 18.2 Å². The van der Waals surface area contributed by atoms with Crippen LogP contribution in [0.3, 0.4) is 0 Å². The number of anilines is 3. The summed E-state index contributed by atoms with van der Waals surface area (Å²) in [5, 5.41) is 14.9. The topological polar surface area (TPSA) is 161 Å². The number of halogens is 3. The standard InChI is InChI=1S/C32H41Cl2N10O6.BrH/c1-19(2)37-31-35-14-20-15-41(28-26(33)23(49-6)13-24(50-7)27(28)34)32(46)42(29(20)38-31)21-10-11-40(16-21)25(45)9-8-12-44(4,5)17-22-30(43(47)48)36-18-39(22)3;/h8-9,13-14,18-19,21H,10-12,15-17H2,1-7H3,(H,35,37,38);1H/q+1;/p-1. The van der Waals surface area contributed by atoms with Gasteiger partial charge in [0.1, 0.15) is 33.9 Å². The van der Waals surface area contributed by atoms with Crippen molar-refractivity contribution in [2.45, 2.75) is 45.4 Å². The molecular formula is C32H41BrCl2N10O6. The van der Waals surface area contributed by atoms with Crippen LogP contribution in [0.5, 0.6) is 11.5 Å². The van der Waals surface area contributed by atoms with Gasteiger partial charge in [-0.1, -0.05) is 23.2 Å². The van der Waals surface area contributed by atoms with E-state index in [1.54, 1.807) is 39.8 Å². The lowest BCUT2D eigenvalue weighted by Gasteiger charge is -2.39. The second kappa shape index (κ2) is 16.0. The lowest BCUT2D eigenvalue weighted by molar-refractivity contribution is -0.898. The number of amides is 3. The molecule has 1 atom stereocenters. The number of hydrogen-bond acceptors (Lipinski definition) is 10. The Balaban J connectivity index is 0.00000583. The molecule has 1 aromatic carbocycles. The summed E-state index contributed by atoms with van der Waals surface area (Å²) in [4.78, 5) is 56.7. The van der Waals surface area contributed by atoms with E-state index in [0.717, 1.165) is 0 Å². The number of urea groups is 1. The number of nitro groups is 1. The van der Waals surface area contributed by atoms with Gasteiger partial charge in [-0.15, -0.1) is 0 Å². The Kier molecular flexibility index (Phi) is 12.4. The van der Waals surface area contributed by atoms with E-state index in [1.165, 1.54) is 31.5 Å². The van der Waals surface area contributed by atoms with Gasteiger partial charge in [-0.05, 0) is 36.3 Å². The van der Waals surface area contributed by atoms with Crippen molar-refractivity contribution in [2.24, 2.45) is 7.05 Å². The van der Waals surface area contributed by atoms with Crippen molar-refractivity contribution in [2.75, 3.05) is 63.1 Å². The summed E-state index contributed by atoms with van der Waals surface area (Å²) >= 11 is 13.5. The van der Waals surface area contributed by atoms with Crippen LogP contribution in [0.2, 0.25) is 10.0 Å². The number of imidazole rings is 1. The summed E-state index contributed by atoms with van der Waals surface area (Å²) in [7, 11) is 8.47. The molecule has 1 fully saturated rings. The SMILES string of the molecule is COc1cc(OC)c(Cl)c(N2Cc3cnc(NC(C)C)nc3N(C3CCN(C(=O)C=CC[N+](C)(C)Cc4c([N+](=O)[O-])ncn4C)C3)C2=O)c1Cl.[Br-]. The predicted octanol–water partition coefficient (Wildman–Crippen LogP) is 1.65. The number of rotatable bonds is 12. The van der Waals surface area contributed by atoms with Crippen LogP contribution in [0, 0.1) is 10.1 Å². The largest absolute Gasteiger partial charge is 1.00 e. The van der Waals surface area contributed by atoms with Gasteiger partial charge >= 0.3 is 11.8 Å². The molecule has 16 nitrogen and oxygen atoms in total. The molecule has 2 aliphatic rings. The zero-order chi connectivity index (χ0) is 36.5. The van der Waals surface area contributed by atoms with Crippen LogP contribution in [0.15, 0.2) is 30.7 Å². The van der Waals surface area contributed by atoms with Gasteiger partial charge in [0.15, 0.2) is 5.69 Å². The van der Waals surface area contributed by atoms with E-state index in [0.29, 0.717) is 53.6 Å². The van der Waals surface area contributed by atoms with Crippen molar-refractivity contribution in [3.05, 3.63) is 62.2 Å². The highest BCUT2D eigenvalue weighted by molar-refractivity contribution is 6.42. The number of nitrogens with one attached hydrogen (secondary N) is 1. The molecule has 0 bridgehead atoms. The second-order valence-corrected chi connectivity index (χ2v) is 13.9. The summed E-state index contributed by atoms with van der Waals surface area (Å²) < 4.78 is 12.9. The number of carbonyl (C=O) groups is 2. The van der Waals surface area contributed by atoms with Gasteiger partial charge in [0.05, 0.1) is 53.1 Å². The fourth-order valence-corrected chi connectivity index (χ4v) is 6.77. The normalized spacial score (nSPS) is 16.1. The lowest BCUT2D eigenvalue weighted by atomic mass is 10.1. The number of fused-ring (bicyclic) bond motifs is 1. The molecule has 3 aromatic rings. The van der Waals surface area contributed by atoms with Gasteiger partial charge in [0.25, 0.3) is 0 Å². The van der Waals surface area contributed by atoms with Crippen LogP contribution in [0.1, 0.15) is 31.5 Å². The van der Waals surface area contributed by atoms with Crippen molar-refractivity contribution in [1.82, 2.24) is 24.4 Å². The maximum absolute atomic E-state index is 14.5. The van der Waals surface area contributed by atoms with Crippen LogP contribution in [-0.4, -0.2) is 106 Å². The van der Waals surface area contributed by atoms with Crippen LogP contribution >= 0.6 is 23.2 Å². The first kappa shape index (κ1) is 39.6. The zero-order valence-electron chi connectivity index (χ0n) is 29.4. The number of nitrogens with zero attached hydrogens (tertiary/aromatic N) is 9. The smallest absolute Gasteiger partial charge is 0.390 e. The molecule has 0 aliphatic carbocycles. The van der Waals surface area contributed by atoms with Gasteiger partial charge in [-0.3, -0.25) is 14.6 Å². The Labute approximate surface area is 316 Å². The number of methoxy groups -OCH3 is 2. The molecule has 19 heteroatoms. The van der Waals surface area contributed by atoms with Crippen molar-refractivity contribution < 1.29 is 45.5 Å². The number of ether oxygens (including phenoxy) is 2. The van der Waals surface area contributed by atoms with Crippen molar-refractivity contribution >= 4 is 58.4 Å². The maximum Gasteiger partial charge on any atom is 0.390 e. The van der Waals surface area contributed by atoms with E-state index in [-0.39, 0.29) is 75.1 Å². The minimum atomic E-state index is -0.492. The Bertz CT molecular complexity index is 1810. The van der Waals surface area contributed by atoms with Crippen molar-refractivity contribution in [1.29, 1.82) is 0 Å². The fraction of sp³-hybridized carbons (Fsp3) is 0.469. The zero-order valence-corrected chi connectivity index (χ0v) is 32.5. The summed E-state index contributed by atoms with van der Waals surface area (Å²) in [6.45, 7) is 5.44. The summed E-state index contributed by atoms with van der Waals surface area (Å²) in [5.74, 6) is 0.978. The molecule has 1 saturated heterocycles. The highest BCUT2D eigenvalue weighted by atomic mass is 79.9. The van der Waals surface area contributed by atoms with Crippen molar-refractivity contribution in [3.8, 4) is 11.5 Å². The van der Waals surface area contributed by atoms with Crippen molar-refractivity contribution in [3.63, 3.8) is 0 Å². The molecule has 0 saturated carbocycles. The lowest BCUT2D eigenvalue weighted by Crippen LogP contribution is -3.00. The number of likely N-dealkylation sites (tertiary alicyclic amines) is 1. The molecule has 276 valence electrons. The van der Waals surface area contributed by atoms with E-state index >= 15 is 0 Å². The number of carbonyl (C=O) groups excluding carboxylic acids is 2. The first-order chi connectivity index (χ1) is 23.6.